The van der Waals surface area contributed by atoms with Gasteiger partial charge >= 0.3 is 0 Å². The molecule has 5 nitrogen and oxygen atoms in total. The first-order valence-corrected chi connectivity index (χ1v) is 9.36. The number of para-hydroxylation sites is 2. The van der Waals surface area contributed by atoms with Gasteiger partial charge in [0.05, 0.1) is 18.5 Å². The molecule has 0 amide bonds. The van der Waals surface area contributed by atoms with Gasteiger partial charge in [-0.25, -0.2) is 0 Å². The van der Waals surface area contributed by atoms with Crippen LogP contribution in [0.2, 0.25) is 0 Å². The zero-order chi connectivity index (χ0) is 17.6. The Morgan fingerprint density at radius 3 is 2.56 bits per heavy atom. The van der Waals surface area contributed by atoms with E-state index < -0.39 is 0 Å². The Balaban J connectivity index is 1.55. The normalized spacial score (nSPS) is 16.2. The van der Waals surface area contributed by atoms with Crippen molar-refractivity contribution in [2.45, 2.75) is 13.3 Å². The van der Waals surface area contributed by atoms with Crippen LogP contribution >= 0.6 is 11.3 Å². The van der Waals surface area contributed by atoms with Gasteiger partial charge in [-0.2, -0.15) is 0 Å². The minimum Gasteiger partial charge on any atom is -0.495 e. The average molecular weight is 359 g/mol. The second-order valence-corrected chi connectivity index (χ2v) is 7.66. The summed E-state index contributed by atoms with van der Waals surface area (Å²) in [5, 5.41) is 12.9. The molecular weight excluding hydrogens is 334 g/mol. The summed E-state index contributed by atoms with van der Waals surface area (Å²) in [6, 6.07) is 12.4. The van der Waals surface area contributed by atoms with Gasteiger partial charge in [-0.05, 0) is 31.2 Å². The van der Waals surface area contributed by atoms with E-state index in [4.69, 9.17) is 4.74 Å². The Labute approximate surface area is 153 Å². The Bertz CT molecular complexity index is 721. The summed E-state index contributed by atoms with van der Waals surface area (Å²) in [5.41, 5.74) is 1.97. The van der Waals surface area contributed by atoms with Crippen LogP contribution in [0.15, 0.2) is 41.6 Å². The molecule has 0 unspecified atom stereocenters. The van der Waals surface area contributed by atoms with E-state index in [0.717, 1.165) is 49.7 Å². The summed E-state index contributed by atoms with van der Waals surface area (Å²) in [6.07, 6.45) is 0.724. The number of hydrogen-bond donors (Lipinski definition) is 1. The number of piperazine rings is 1. The minimum absolute atomic E-state index is 0.715. The number of aryl methyl sites for hydroxylation is 1. The Kier molecular flexibility index (Phi) is 5.94. The van der Waals surface area contributed by atoms with Crippen LogP contribution in [0, 0.1) is 6.92 Å². The van der Waals surface area contributed by atoms with Crippen LogP contribution in [0.3, 0.4) is 0 Å². The van der Waals surface area contributed by atoms with Gasteiger partial charge in [0.25, 0.3) is 0 Å². The molecule has 1 aliphatic rings. The highest BCUT2D eigenvalue weighted by Gasteiger charge is 2.20. The van der Waals surface area contributed by atoms with E-state index in [1.54, 1.807) is 18.4 Å². The lowest BCUT2D eigenvalue weighted by Crippen LogP contribution is -2.48. The van der Waals surface area contributed by atoms with Crippen molar-refractivity contribution in [1.29, 1.82) is 0 Å². The molecule has 1 aromatic heterocycles. The summed E-state index contributed by atoms with van der Waals surface area (Å²) in [7, 11) is 1.71. The van der Waals surface area contributed by atoms with E-state index in [-0.39, 0.29) is 0 Å². The fourth-order valence-electron chi connectivity index (χ4n) is 3.20. The van der Waals surface area contributed by atoms with E-state index in [1.165, 1.54) is 9.75 Å². The van der Waals surface area contributed by atoms with Crippen molar-refractivity contribution in [2.24, 2.45) is 5.16 Å². The smallest absolute Gasteiger partial charge is 0.142 e. The molecule has 1 saturated heterocycles. The molecule has 6 heteroatoms. The number of benzene rings is 1. The topological polar surface area (TPSA) is 48.3 Å². The number of anilines is 1. The van der Waals surface area contributed by atoms with Crippen LogP contribution in [0.25, 0.3) is 0 Å². The van der Waals surface area contributed by atoms with Gasteiger partial charge in [0, 0.05) is 48.9 Å². The predicted octanol–water partition coefficient (Wildman–Crippen LogP) is 3.26. The van der Waals surface area contributed by atoms with E-state index in [2.05, 4.69) is 40.1 Å². The molecule has 134 valence electrons. The highest BCUT2D eigenvalue weighted by atomic mass is 32.1. The number of thiophene rings is 1. The summed E-state index contributed by atoms with van der Waals surface area (Å²) in [5.74, 6) is 0.918. The summed E-state index contributed by atoms with van der Waals surface area (Å²) >= 11 is 1.76. The second kappa shape index (κ2) is 8.36. The lowest BCUT2D eigenvalue weighted by Gasteiger charge is -2.36. The molecule has 0 aliphatic carbocycles. The number of nitrogens with zero attached hydrogens (tertiary/aromatic N) is 3. The molecule has 3 rings (SSSR count). The molecule has 1 N–H and O–H groups in total. The first-order chi connectivity index (χ1) is 12.2. The third kappa shape index (κ3) is 4.52. The molecule has 1 fully saturated rings. The Hall–Kier alpha value is -2.05. The number of hydrogen-bond acceptors (Lipinski definition) is 6. The van der Waals surface area contributed by atoms with Crippen molar-refractivity contribution >= 4 is 22.7 Å². The molecule has 0 radical (unpaired) electrons. The van der Waals surface area contributed by atoms with Gasteiger partial charge in [0.15, 0.2) is 0 Å². The Morgan fingerprint density at radius 1 is 1.16 bits per heavy atom. The average Bonchev–Trinajstić information content (AvgIpc) is 3.06. The molecule has 0 atom stereocenters. The van der Waals surface area contributed by atoms with Gasteiger partial charge in [-0.1, -0.05) is 17.3 Å². The van der Waals surface area contributed by atoms with Crippen LogP contribution in [0.1, 0.15) is 9.75 Å². The molecule has 1 aliphatic heterocycles. The summed E-state index contributed by atoms with van der Waals surface area (Å²) in [4.78, 5) is 7.24. The standard InChI is InChI=1S/C19H25N3O2S/c1-15-7-8-17(25-15)13-16(20-23)14-21-9-11-22(12-10-21)18-5-3-4-6-19(18)24-2/h3-8,23H,9-14H2,1-2H3/b20-16+. The molecular formula is C19H25N3O2S. The van der Waals surface area contributed by atoms with Gasteiger partial charge < -0.3 is 14.8 Å². The van der Waals surface area contributed by atoms with Crippen molar-refractivity contribution in [1.82, 2.24) is 4.90 Å². The highest BCUT2D eigenvalue weighted by molar-refractivity contribution is 7.12. The lowest BCUT2D eigenvalue weighted by molar-refractivity contribution is 0.277. The third-order valence-corrected chi connectivity index (χ3v) is 5.52. The van der Waals surface area contributed by atoms with Crippen LogP contribution in [-0.4, -0.2) is 55.7 Å². The van der Waals surface area contributed by atoms with E-state index in [9.17, 15) is 5.21 Å². The van der Waals surface area contributed by atoms with Gasteiger partial charge in [-0.15, -0.1) is 11.3 Å². The highest BCUT2D eigenvalue weighted by Crippen LogP contribution is 2.28. The molecule has 2 heterocycles. The fourth-order valence-corrected chi connectivity index (χ4v) is 4.12. The van der Waals surface area contributed by atoms with Crippen LogP contribution in [0.5, 0.6) is 5.75 Å². The monoisotopic (exact) mass is 359 g/mol. The summed E-state index contributed by atoms with van der Waals surface area (Å²) in [6.45, 7) is 6.59. The minimum atomic E-state index is 0.715. The van der Waals surface area contributed by atoms with Crippen molar-refractivity contribution in [3.8, 4) is 5.75 Å². The van der Waals surface area contributed by atoms with E-state index >= 15 is 0 Å². The van der Waals surface area contributed by atoms with Crippen LogP contribution in [-0.2, 0) is 6.42 Å². The van der Waals surface area contributed by atoms with Gasteiger partial charge in [-0.3, -0.25) is 4.90 Å². The second-order valence-electron chi connectivity index (χ2n) is 6.29. The van der Waals surface area contributed by atoms with E-state index in [0.29, 0.717) is 6.54 Å². The molecule has 25 heavy (non-hydrogen) atoms. The molecule has 0 bridgehead atoms. The number of oxime groups is 1. The van der Waals surface area contributed by atoms with Crippen molar-refractivity contribution < 1.29 is 9.94 Å². The van der Waals surface area contributed by atoms with Crippen molar-refractivity contribution in [2.75, 3.05) is 44.7 Å². The third-order valence-electron chi connectivity index (χ3n) is 4.52. The van der Waals surface area contributed by atoms with Gasteiger partial charge in [0.1, 0.15) is 5.75 Å². The first kappa shape index (κ1) is 17.8. The molecule has 1 aromatic carbocycles. The van der Waals surface area contributed by atoms with Crippen LogP contribution in [0.4, 0.5) is 5.69 Å². The van der Waals surface area contributed by atoms with E-state index in [1.807, 2.05) is 18.2 Å². The molecule has 2 aromatic rings. The first-order valence-electron chi connectivity index (χ1n) is 8.55. The zero-order valence-corrected chi connectivity index (χ0v) is 15.6. The van der Waals surface area contributed by atoms with Crippen molar-refractivity contribution in [3.05, 3.63) is 46.2 Å². The zero-order valence-electron chi connectivity index (χ0n) is 14.8. The molecule has 0 spiro atoms. The number of methoxy groups -OCH3 is 1. The van der Waals surface area contributed by atoms with Gasteiger partial charge in [0.2, 0.25) is 0 Å². The SMILES string of the molecule is COc1ccccc1N1CCN(C/C(Cc2ccc(C)s2)=N/O)CC1. The number of rotatable bonds is 6. The lowest BCUT2D eigenvalue weighted by atomic mass is 10.2. The maximum Gasteiger partial charge on any atom is 0.142 e. The quantitative estimate of drug-likeness (QED) is 0.489. The predicted molar refractivity (Wildman–Crippen MR) is 104 cm³/mol. The fraction of sp³-hybridized carbons (Fsp3) is 0.421. The maximum atomic E-state index is 9.36. The summed E-state index contributed by atoms with van der Waals surface area (Å²) < 4.78 is 5.47. The van der Waals surface area contributed by atoms with Crippen molar-refractivity contribution in [3.63, 3.8) is 0 Å². The maximum absolute atomic E-state index is 9.36. The Morgan fingerprint density at radius 2 is 1.92 bits per heavy atom. The molecule has 0 saturated carbocycles. The number of ether oxygens (including phenoxy) is 1. The van der Waals surface area contributed by atoms with Crippen LogP contribution < -0.4 is 9.64 Å². The largest absolute Gasteiger partial charge is 0.495 e.